The van der Waals surface area contributed by atoms with E-state index in [-0.39, 0.29) is 29.7 Å². The van der Waals surface area contributed by atoms with Crippen LogP contribution in [0.15, 0.2) is 0 Å². The summed E-state index contributed by atoms with van der Waals surface area (Å²) in [5.74, 6) is -1.05. The summed E-state index contributed by atoms with van der Waals surface area (Å²) in [5, 5.41) is 20.2. The van der Waals surface area contributed by atoms with Crippen LogP contribution in [0.3, 0.4) is 0 Å². The first-order valence-electron chi connectivity index (χ1n) is 6.50. The van der Waals surface area contributed by atoms with Crippen molar-refractivity contribution in [2.24, 2.45) is 0 Å². The lowest BCUT2D eigenvalue weighted by atomic mass is 10.2. The summed E-state index contributed by atoms with van der Waals surface area (Å²) in [4.78, 5) is 35.7. The molecule has 0 radical (unpaired) electrons. The van der Waals surface area contributed by atoms with Crippen LogP contribution < -0.4 is 5.32 Å². The number of carboxylic acid groups (broad SMARTS) is 1. The fraction of sp³-hybridized carbons (Fsp3) is 0.750. The SMILES string of the molecule is CC12CCC(=O)N1C(C(=O)NCC[C@H](O)C(=O)O)CS2. The number of aliphatic hydroxyl groups is 1. The van der Waals surface area contributed by atoms with E-state index < -0.39 is 18.1 Å². The number of aliphatic hydroxyl groups excluding tert-OH is 1. The number of nitrogens with zero attached hydrogens (tertiary/aromatic N) is 1. The molecule has 0 aromatic heterocycles. The first-order valence-corrected chi connectivity index (χ1v) is 7.48. The highest BCUT2D eigenvalue weighted by Crippen LogP contribution is 2.47. The smallest absolute Gasteiger partial charge is 0.332 e. The molecule has 2 saturated heterocycles. The Morgan fingerprint density at radius 1 is 1.60 bits per heavy atom. The summed E-state index contributed by atoms with van der Waals surface area (Å²) in [7, 11) is 0. The summed E-state index contributed by atoms with van der Waals surface area (Å²) in [6, 6.07) is -0.498. The van der Waals surface area contributed by atoms with Crippen LogP contribution in [-0.4, -0.2) is 62.2 Å². The molecule has 0 aliphatic carbocycles. The zero-order valence-electron chi connectivity index (χ0n) is 11.2. The lowest BCUT2D eigenvalue weighted by Gasteiger charge is -2.29. The molecule has 0 bridgehead atoms. The molecule has 0 saturated carbocycles. The quantitative estimate of drug-likeness (QED) is 0.625. The number of aliphatic carboxylic acids is 1. The first-order chi connectivity index (χ1) is 9.35. The van der Waals surface area contributed by atoms with Crippen molar-refractivity contribution in [1.29, 1.82) is 0 Å². The van der Waals surface area contributed by atoms with Crippen LogP contribution in [0.4, 0.5) is 0 Å². The van der Waals surface area contributed by atoms with Gasteiger partial charge in [0, 0.05) is 25.1 Å². The van der Waals surface area contributed by atoms with Crippen molar-refractivity contribution in [3.8, 4) is 0 Å². The molecule has 7 nitrogen and oxygen atoms in total. The van der Waals surface area contributed by atoms with Crippen LogP contribution in [0.25, 0.3) is 0 Å². The third kappa shape index (κ3) is 2.76. The van der Waals surface area contributed by atoms with Crippen molar-refractivity contribution in [3.05, 3.63) is 0 Å². The van der Waals surface area contributed by atoms with E-state index in [1.165, 1.54) is 0 Å². The zero-order chi connectivity index (χ0) is 14.9. The topological polar surface area (TPSA) is 107 Å². The van der Waals surface area contributed by atoms with Crippen LogP contribution in [0.2, 0.25) is 0 Å². The van der Waals surface area contributed by atoms with E-state index in [0.717, 1.165) is 6.42 Å². The third-order valence-corrected chi connectivity index (χ3v) is 5.25. The highest BCUT2D eigenvalue weighted by Gasteiger charge is 2.52. The average Bonchev–Trinajstić information content (AvgIpc) is 2.86. The molecule has 20 heavy (non-hydrogen) atoms. The van der Waals surface area contributed by atoms with Crippen molar-refractivity contribution in [2.75, 3.05) is 12.3 Å². The number of amides is 2. The van der Waals surface area contributed by atoms with Crippen molar-refractivity contribution < 1.29 is 24.6 Å². The summed E-state index contributed by atoms with van der Waals surface area (Å²) in [5.41, 5.74) is 0. The van der Waals surface area contributed by atoms with E-state index in [2.05, 4.69) is 5.32 Å². The van der Waals surface area contributed by atoms with Crippen LogP contribution in [0.1, 0.15) is 26.2 Å². The van der Waals surface area contributed by atoms with Crippen molar-refractivity contribution >= 4 is 29.5 Å². The van der Waals surface area contributed by atoms with Crippen molar-refractivity contribution in [1.82, 2.24) is 10.2 Å². The van der Waals surface area contributed by atoms with Gasteiger partial charge >= 0.3 is 5.97 Å². The first kappa shape index (κ1) is 15.1. The lowest BCUT2D eigenvalue weighted by molar-refractivity contribution is -0.147. The largest absolute Gasteiger partial charge is 0.479 e. The monoisotopic (exact) mass is 302 g/mol. The molecule has 2 aliphatic heterocycles. The van der Waals surface area contributed by atoms with Crippen LogP contribution in [-0.2, 0) is 14.4 Å². The maximum atomic E-state index is 12.1. The summed E-state index contributed by atoms with van der Waals surface area (Å²) < 4.78 is 0. The van der Waals surface area contributed by atoms with Gasteiger partial charge in [-0.05, 0) is 13.3 Å². The van der Waals surface area contributed by atoms with Gasteiger partial charge in [-0.25, -0.2) is 4.79 Å². The molecule has 2 fully saturated rings. The van der Waals surface area contributed by atoms with Gasteiger partial charge in [-0.15, -0.1) is 11.8 Å². The Bertz CT molecular complexity index is 444. The van der Waals surface area contributed by atoms with E-state index >= 15 is 0 Å². The number of carbonyl (C=O) groups is 3. The number of nitrogens with one attached hydrogen (secondary N) is 1. The molecular formula is C12H18N2O5S. The summed E-state index contributed by atoms with van der Waals surface area (Å²) in [6.07, 6.45) is -0.318. The van der Waals surface area contributed by atoms with Gasteiger partial charge < -0.3 is 20.4 Å². The highest BCUT2D eigenvalue weighted by atomic mass is 32.2. The van der Waals surface area contributed by atoms with Gasteiger partial charge in [0.2, 0.25) is 11.8 Å². The molecule has 2 unspecified atom stereocenters. The third-order valence-electron chi connectivity index (χ3n) is 3.75. The molecule has 3 atom stereocenters. The highest BCUT2D eigenvalue weighted by molar-refractivity contribution is 8.01. The molecule has 0 aromatic carbocycles. The molecule has 0 aromatic rings. The second kappa shape index (κ2) is 5.61. The molecule has 2 amide bonds. The number of hydrogen-bond acceptors (Lipinski definition) is 5. The van der Waals surface area contributed by atoms with E-state index in [1.807, 2.05) is 6.92 Å². The van der Waals surface area contributed by atoms with Gasteiger partial charge in [-0.1, -0.05) is 0 Å². The minimum atomic E-state index is -1.48. The number of hydrogen-bond donors (Lipinski definition) is 3. The normalized spacial score (nSPS) is 30.2. The van der Waals surface area contributed by atoms with Gasteiger partial charge in [-0.3, -0.25) is 9.59 Å². The fourth-order valence-electron chi connectivity index (χ4n) is 2.59. The van der Waals surface area contributed by atoms with Crippen LogP contribution in [0.5, 0.6) is 0 Å². The minimum Gasteiger partial charge on any atom is -0.479 e. The standard InChI is InChI=1S/C12H18N2O5S/c1-12-4-2-9(16)14(12)7(6-20-12)10(17)13-5-3-8(15)11(18)19/h7-8,15H,2-6H2,1H3,(H,13,17)(H,18,19)/t7?,8-,12?/m0/s1. The van der Waals surface area contributed by atoms with E-state index in [4.69, 9.17) is 10.2 Å². The van der Waals surface area contributed by atoms with Gasteiger partial charge in [0.1, 0.15) is 6.04 Å². The molecule has 3 N–H and O–H groups in total. The summed E-state index contributed by atoms with van der Waals surface area (Å²) >= 11 is 1.60. The van der Waals surface area contributed by atoms with E-state index in [0.29, 0.717) is 12.2 Å². The van der Waals surface area contributed by atoms with Gasteiger partial charge in [0.05, 0.1) is 4.87 Å². The number of thioether (sulfide) groups is 1. The predicted octanol–water partition coefficient (Wildman–Crippen LogP) is -0.608. The average molecular weight is 302 g/mol. The Hall–Kier alpha value is -1.28. The molecule has 8 heteroatoms. The number of rotatable bonds is 5. The Balaban J connectivity index is 1.87. The molecule has 2 aliphatic rings. The van der Waals surface area contributed by atoms with E-state index in [1.54, 1.807) is 16.7 Å². The van der Waals surface area contributed by atoms with Gasteiger partial charge in [0.15, 0.2) is 6.10 Å². The molecular weight excluding hydrogens is 284 g/mol. The maximum absolute atomic E-state index is 12.1. The Morgan fingerprint density at radius 2 is 2.30 bits per heavy atom. The second-order valence-electron chi connectivity index (χ2n) is 5.20. The molecule has 0 spiro atoms. The number of fused-ring (bicyclic) bond motifs is 1. The zero-order valence-corrected chi connectivity index (χ0v) is 12.0. The van der Waals surface area contributed by atoms with Gasteiger partial charge in [-0.2, -0.15) is 0 Å². The molecule has 112 valence electrons. The Labute approximate surface area is 120 Å². The second-order valence-corrected chi connectivity index (χ2v) is 6.70. The van der Waals surface area contributed by atoms with Gasteiger partial charge in [0.25, 0.3) is 0 Å². The lowest BCUT2D eigenvalue weighted by Crippen LogP contribution is -2.50. The number of carbonyl (C=O) groups excluding carboxylic acids is 2. The van der Waals surface area contributed by atoms with Crippen molar-refractivity contribution in [3.63, 3.8) is 0 Å². The Kier molecular flexibility index (Phi) is 4.24. The van der Waals surface area contributed by atoms with E-state index in [9.17, 15) is 14.4 Å². The maximum Gasteiger partial charge on any atom is 0.332 e. The van der Waals surface area contributed by atoms with Crippen molar-refractivity contribution in [2.45, 2.75) is 43.2 Å². The minimum absolute atomic E-state index is 0.0109. The Morgan fingerprint density at radius 3 is 2.95 bits per heavy atom. The molecule has 2 heterocycles. The fourth-order valence-corrected chi connectivity index (χ4v) is 4.02. The number of carboxylic acids is 1. The van der Waals surface area contributed by atoms with Crippen LogP contribution in [0, 0.1) is 0 Å². The van der Waals surface area contributed by atoms with Crippen LogP contribution >= 0.6 is 11.8 Å². The molecule has 2 rings (SSSR count). The predicted molar refractivity (Wildman–Crippen MR) is 72.0 cm³/mol. The summed E-state index contributed by atoms with van der Waals surface area (Å²) in [6.45, 7) is 2.04.